The van der Waals surface area contributed by atoms with Gasteiger partial charge in [0, 0.05) is 18.9 Å². The van der Waals surface area contributed by atoms with E-state index in [1.807, 2.05) is 0 Å². The maximum absolute atomic E-state index is 12.4. The molecule has 5 nitrogen and oxygen atoms in total. The van der Waals surface area contributed by atoms with Crippen molar-refractivity contribution in [2.45, 2.75) is 12.9 Å². The Morgan fingerprint density at radius 2 is 2.09 bits per heavy atom. The third-order valence-corrected chi connectivity index (χ3v) is 2.86. The number of benzene rings is 1. The van der Waals surface area contributed by atoms with Gasteiger partial charge in [-0.25, -0.2) is 0 Å². The zero-order chi connectivity index (χ0) is 16.2. The van der Waals surface area contributed by atoms with Crippen molar-refractivity contribution in [3.05, 3.63) is 36.2 Å². The van der Waals surface area contributed by atoms with Crippen molar-refractivity contribution in [3.8, 4) is 16.9 Å². The summed E-state index contributed by atoms with van der Waals surface area (Å²) >= 11 is 0. The topological polar surface area (TPSA) is 53.4 Å². The fourth-order valence-electron chi connectivity index (χ4n) is 1.84. The van der Waals surface area contributed by atoms with Gasteiger partial charge < -0.3 is 9.47 Å². The molecule has 118 valence electrons. The van der Waals surface area contributed by atoms with E-state index >= 15 is 0 Å². The average Bonchev–Trinajstić information content (AvgIpc) is 2.92. The van der Waals surface area contributed by atoms with Crippen LogP contribution in [0.2, 0.25) is 0 Å². The van der Waals surface area contributed by atoms with Crippen LogP contribution >= 0.6 is 0 Å². The van der Waals surface area contributed by atoms with E-state index in [-0.39, 0.29) is 5.56 Å². The monoisotopic (exact) mass is 314 g/mol. The van der Waals surface area contributed by atoms with Crippen LogP contribution in [0.15, 0.2) is 30.6 Å². The molecule has 0 bridgehead atoms. The summed E-state index contributed by atoms with van der Waals surface area (Å²) < 4.78 is 47.5. The van der Waals surface area contributed by atoms with Crippen molar-refractivity contribution in [1.82, 2.24) is 9.78 Å². The van der Waals surface area contributed by atoms with Gasteiger partial charge in [-0.1, -0.05) is 6.07 Å². The highest BCUT2D eigenvalue weighted by Crippen LogP contribution is 2.30. The lowest BCUT2D eigenvalue weighted by molar-refractivity contribution is -0.274. The molecule has 2 rings (SSSR count). The first-order chi connectivity index (χ1) is 10.4. The van der Waals surface area contributed by atoms with Gasteiger partial charge in [-0.15, -0.1) is 13.2 Å². The largest absolute Gasteiger partial charge is 0.573 e. The molecule has 0 aliphatic carbocycles. The third kappa shape index (κ3) is 4.08. The molecule has 8 heteroatoms. The number of methoxy groups -OCH3 is 1. The Balaban J connectivity index is 2.29. The van der Waals surface area contributed by atoms with E-state index in [4.69, 9.17) is 4.74 Å². The molecule has 0 amide bonds. The summed E-state index contributed by atoms with van der Waals surface area (Å²) in [5, 5.41) is 4.08. The zero-order valence-electron chi connectivity index (χ0n) is 11.6. The van der Waals surface area contributed by atoms with Gasteiger partial charge in [-0.2, -0.15) is 5.10 Å². The van der Waals surface area contributed by atoms with Crippen LogP contribution in [0.3, 0.4) is 0 Å². The second-order valence-corrected chi connectivity index (χ2v) is 4.40. The minimum Gasteiger partial charge on any atom is -0.405 e. The Morgan fingerprint density at radius 1 is 1.32 bits per heavy atom. The number of carbonyl (C=O) groups excluding carboxylic acids is 1. The molecule has 0 aliphatic rings. The summed E-state index contributed by atoms with van der Waals surface area (Å²) in [5.74, 6) is -0.537. The quantitative estimate of drug-likeness (QED) is 0.769. The van der Waals surface area contributed by atoms with E-state index in [0.29, 0.717) is 30.6 Å². The van der Waals surface area contributed by atoms with Crippen LogP contribution < -0.4 is 4.74 Å². The number of halogens is 3. The van der Waals surface area contributed by atoms with Crippen molar-refractivity contribution in [1.29, 1.82) is 0 Å². The molecule has 1 aromatic carbocycles. The Morgan fingerprint density at radius 3 is 2.73 bits per heavy atom. The first-order valence-electron chi connectivity index (χ1n) is 6.29. The second-order valence-electron chi connectivity index (χ2n) is 4.40. The van der Waals surface area contributed by atoms with E-state index in [9.17, 15) is 18.0 Å². The van der Waals surface area contributed by atoms with Crippen molar-refractivity contribution < 1.29 is 27.4 Å². The van der Waals surface area contributed by atoms with Crippen LogP contribution in [0, 0.1) is 0 Å². The second kappa shape index (κ2) is 6.61. The molecule has 1 aromatic heterocycles. The Labute approximate surface area is 124 Å². The van der Waals surface area contributed by atoms with Crippen LogP contribution in [-0.2, 0) is 11.3 Å². The van der Waals surface area contributed by atoms with Gasteiger partial charge in [0.2, 0.25) is 0 Å². The first kappa shape index (κ1) is 16.0. The van der Waals surface area contributed by atoms with Crippen molar-refractivity contribution in [2.24, 2.45) is 0 Å². The molecular weight excluding hydrogens is 301 g/mol. The van der Waals surface area contributed by atoms with Gasteiger partial charge in [-0.3, -0.25) is 9.48 Å². The fourth-order valence-corrected chi connectivity index (χ4v) is 1.84. The van der Waals surface area contributed by atoms with Crippen LogP contribution in [0.5, 0.6) is 5.75 Å². The fraction of sp³-hybridized carbons (Fsp3) is 0.286. The van der Waals surface area contributed by atoms with Gasteiger partial charge in [0.1, 0.15) is 5.75 Å². The summed E-state index contributed by atoms with van der Waals surface area (Å²) in [4.78, 5) is 10.8. The number of aldehydes is 1. The van der Waals surface area contributed by atoms with Crippen LogP contribution in [0.1, 0.15) is 10.4 Å². The van der Waals surface area contributed by atoms with Crippen LogP contribution in [0.4, 0.5) is 13.2 Å². The van der Waals surface area contributed by atoms with E-state index in [1.54, 1.807) is 18.0 Å². The molecule has 0 aliphatic heterocycles. The number of ether oxygens (including phenoxy) is 2. The Kier molecular flexibility index (Phi) is 4.81. The normalized spacial score (nSPS) is 11.5. The lowest BCUT2D eigenvalue weighted by Crippen LogP contribution is -2.18. The molecule has 0 saturated heterocycles. The SMILES string of the molecule is COCCn1cc(-c2ccc(C=O)c(OC(F)(F)F)c2)cn1. The zero-order valence-corrected chi connectivity index (χ0v) is 11.6. The minimum atomic E-state index is -4.86. The summed E-state index contributed by atoms with van der Waals surface area (Å²) in [6.45, 7) is 0.989. The maximum Gasteiger partial charge on any atom is 0.573 e. The Hall–Kier alpha value is -2.35. The van der Waals surface area contributed by atoms with Crippen molar-refractivity contribution in [3.63, 3.8) is 0 Å². The minimum absolute atomic E-state index is 0.173. The lowest BCUT2D eigenvalue weighted by Gasteiger charge is -2.11. The van der Waals surface area contributed by atoms with Gasteiger partial charge in [0.05, 0.1) is 24.9 Å². The molecule has 0 unspecified atom stereocenters. The summed E-state index contributed by atoms with van der Waals surface area (Å²) in [7, 11) is 1.56. The molecule has 0 fully saturated rings. The van der Waals surface area contributed by atoms with Gasteiger partial charge in [0.25, 0.3) is 0 Å². The van der Waals surface area contributed by atoms with Gasteiger partial charge in [-0.05, 0) is 17.7 Å². The molecule has 0 atom stereocenters. The molecule has 22 heavy (non-hydrogen) atoms. The molecule has 1 heterocycles. The summed E-state index contributed by atoms with van der Waals surface area (Å²) in [5.41, 5.74) is 0.905. The van der Waals surface area contributed by atoms with E-state index < -0.39 is 12.1 Å². The predicted octanol–water partition coefficient (Wildman–Crippen LogP) is 2.91. The third-order valence-electron chi connectivity index (χ3n) is 2.86. The molecule has 0 spiro atoms. The van der Waals surface area contributed by atoms with E-state index in [0.717, 1.165) is 6.07 Å². The molecular formula is C14H13F3N2O3. The number of aromatic nitrogens is 2. The van der Waals surface area contributed by atoms with Crippen molar-refractivity contribution >= 4 is 6.29 Å². The molecule has 0 saturated carbocycles. The molecule has 0 radical (unpaired) electrons. The summed E-state index contributed by atoms with van der Waals surface area (Å²) in [6.07, 6.45) is -1.36. The number of nitrogens with zero attached hydrogens (tertiary/aromatic N) is 2. The Bertz CT molecular complexity index is 653. The lowest BCUT2D eigenvalue weighted by atomic mass is 10.1. The number of carbonyl (C=O) groups is 1. The number of hydrogen-bond acceptors (Lipinski definition) is 4. The highest BCUT2D eigenvalue weighted by atomic mass is 19.4. The highest BCUT2D eigenvalue weighted by molar-refractivity contribution is 5.81. The van der Waals surface area contributed by atoms with Gasteiger partial charge in [0.15, 0.2) is 6.29 Å². The summed E-state index contributed by atoms with van der Waals surface area (Å²) in [6, 6.07) is 3.97. The predicted molar refractivity (Wildman–Crippen MR) is 71.6 cm³/mol. The standard InChI is InChI=1S/C14H13F3N2O3/c1-21-5-4-19-8-12(7-18-19)10-2-3-11(9-20)13(6-10)22-14(15,16)17/h2-3,6-9H,4-5H2,1H3. The van der Waals surface area contributed by atoms with E-state index in [2.05, 4.69) is 9.84 Å². The maximum atomic E-state index is 12.4. The molecule has 2 aromatic rings. The smallest absolute Gasteiger partial charge is 0.405 e. The van der Waals surface area contributed by atoms with Crippen molar-refractivity contribution in [2.75, 3.05) is 13.7 Å². The average molecular weight is 314 g/mol. The molecule has 0 N–H and O–H groups in total. The van der Waals surface area contributed by atoms with Gasteiger partial charge >= 0.3 is 6.36 Å². The van der Waals surface area contributed by atoms with Crippen LogP contribution in [-0.4, -0.2) is 36.1 Å². The number of alkyl halides is 3. The van der Waals surface area contributed by atoms with E-state index in [1.165, 1.54) is 18.3 Å². The number of rotatable bonds is 6. The highest BCUT2D eigenvalue weighted by Gasteiger charge is 2.32. The number of hydrogen-bond donors (Lipinski definition) is 0. The first-order valence-corrected chi connectivity index (χ1v) is 6.29. The van der Waals surface area contributed by atoms with Crippen LogP contribution in [0.25, 0.3) is 11.1 Å².